The number of hydrogen-bond acceptors (Lipinski definition) is 6. The van der Waals surface area contributed by atoms with Gasteiger partial charge in [-0.1, -0.05) is 41.5 Å². The largest absolute Gasteiger partial charge is 0.541 e. The molecule has 35 heavy (non-hydrogen) atoms. The highest BCUT2D eigenvalue weighted by Crippen LogP contribution is 2.43. The van der Waals surface area contributed by atoms with Crippen molar-refractivity contribution in [3.8, 4) is 11.5 Å². The molecule has 0 saturated heterocycles. The smallest absolute Gasteiger partial charge is 0.251 e. The van der Waals surface area contributed by atoms with Gasteiger partial charge in [-0.2, -0.15) is 0 Å². The molecule has 0 saturated carbocycles. The van der Waals surface area contributed by atoms with E-state index >= 15 is 0 Å². The quantitative estimate of drug-likeness (QED) is 0.251. The number of hydrogen-bond donors (Lipinski definition) is 3. The number of amides is 1. The molecule has 7 nitrogen and oxygen atoms in total. The van der Waals surface area contributed by atoms with Crippen LogP contribution in [0.4, 0.5) is 0 Å². The Labute approximate surface area is 215 Å². The van der Waals surface area contributed by atoms with Gasteiger partial charge in [0.2, 0.25) is 0 Å². The molecule has 0 bridgehead atoms. The van der Waals surface area contributed by atoms with E-state index in [0.717, 1.165) is 6.42 Å². The van der Waals surface area contributed by atoms with Gasteiger partial charge in [0.15, 0.2) is 0 Å². The van der Waals surface area contributed by atoms with Gasteiger partial charge in [-0.25, -0.2) is 0 Å². The Morgan fingerprint density at radius 3 is 1.80 bits per heavy atom. The van der Waals surface area contributed by atoms with E-state index in [2.05, 4.69) is 73.0 Å². The van der Waals surface area contributed by atoms with Crippen molar-refractivity contribution in [1.82, 2.24) is 10.2 Å². The first-order valence-electron chi connectivity index (χ1n) is 12.7. The third-order valence-corrected chi connectivity index (χ3v) is 16.0. The molecular weight excluding hydrogens is 476 g/mol. The molecule has 0 heterocycles. The summed E-state index contributed by atoms with van der Waals surface area (Å²) >= 11 is 0. The molecule has 9 heteroatoms. The predicted molar refractivity (Wildman–Crippen MR) is 150 cm³/mol. The Bertz CT molecular complexity index is 811. The summed E-state index contributed by atoms with van der Waals surface area (Å²) < 4.78 is 13.3. The second kappa shape index (κ2) is 12.7. The van der Waals surface area contributed by atoms with Gasteiger partial charge in [0.1, 0.15) is 11.5 Å². The summed E-state index contributed by atoms with van der Waals surface area (Å²) in [5.74, 6) is 1.20. The molecule has 0 radical (unpaired) electrons. The Kier molecular flexibility index (Phi) is 11.5. The van der Waals surface area contributed by atoms with E-state index in [-0.39, 0.29) is 29.2 Å². The molecule has 3 N–H and O–H groups in total. The number of carbonyl (C=O) groups is 1. The highest BCUT2D eigenvalue weighted by molar-refractivity contribution is 6.75. The average Bonchev–Trinajstić information content (AvgIpc) is 2.70. The van der Waals surface area contributed by atoms with E-state index in [4.69, 9.17) is 19.1 Å². The van der Waals surface area contributed by atoms with E-state index in [1.165, 1.54) is 0 Å². The Morgan fingerprint density at radius 1 is 0.857 bits per heavy atom. The summed E-state index contributed by atoms with van der Waals surface area (Å²) in [6.45, 7) is 24.3. The number of rotatable bonds is 13. The van der Waals surface area contributed by atoms with Crippen LogP contribution in [0, 0.1) is 0 Å². The molecule has 0 unspecified atom stereocenters. The number of aliphatic hydroxyl groups is 2. The first kappa shape index (κ1) is 31.6. The normalized spacial score (nSPS) is 13.2. The Hall–Kier alpha value is -1.40. The van der Waals surface area contributed by atoms with Crippen molar-refractivity contribution in [2.45, 2.75) is 84.2 Å². The van der Waals surface area contributed by atoms with E-state index in [1.807, 2.05) is 17.0 Å². The molecule has 0 spiro atoms. The summed E-state index contributed by atoms with van der Waals surface area (Å²) in [6.07, 6.45) is 0.728. The van der Waals surface area contributed by atoms with Crippen LogP contribution in [0.2, 0.25) is 36.3 Å². The molecular formula is C26H50N2O5Si2. The minimum atomic E-state index is -2.16. The standard InChI is InChI=1S/C26H50N2O5Si2/c1-25(2,3)34(7,8)32-22-13-12-21(20-23(22)33-35(9,10)26(4,5)6)24(31)27-14-11-15-28(16-18-29)17-19-30/h12-13,20,29-30H,11,14-19H2,1-10H3,(H,27,31). The number of aliphatic hydroxyl groups excluding tert-OH is 2. The number of carbonyl (C=O) groups excluding carboxylic acids is 1. The molecule has 1 aromatic rings. The minimum absolute atomic E-state index is 0.00845. The zero-order valence-corrected chi connectivity index (χ0v) is 25.7. The SMILES string of the molecule is CC(C)(C)[Si](C)(C)Oc1ccc(C(=O)NCCCN(CCO)CCO)cc1O[Si](C)(C)C(C)(C)C. The van der Waals surface area contributed by atoms with Crippen LogP contribution in [0.25, 0.3) is 0 Å². The lowest BCUT2D eigenvalue weighted by Gasteiger charge is -2.39. The van der Waals surface area contributed by atoms with Crippen molar-refractivity contribution < 1.29 is 23.9 Å². The van der Waals surface area contributed by atoms with Crippen LogP contribution in [0.15, 0.2) is 18.2 Å². The highest BCUT2D eigenvalue weighted by atomic mass is 28.4. The van der Waals surface area contributed by atoms with E-state index < -0.39 is 16.6 Å². The highest BCUT2D eigenvalue weighted by Gasteiger charge is 2.42. The van der Waals surface area contributed by atoms with Crippen molar-refractivity contribution >= 4 is 22.5 Å². The zero-order valence-electron chi connectivity index (χ0n) is 23.7. The van der Waals surface area contributed by atoms with Crippen molar-refractivity contribution in [1.29, 1.82) is 0 Å². The van der Waals surface area contributed by atoms with Crippen molar-refractivity contribution in [3.63, 3.8) is 0 Å². The first-order valence-corrected chi connectivity index (χ1v) is 18.5. The summed E-state index contributed by atoms with van der Waals surface area (Å²) in [6, 6.07) is 5.50. The lowest BCUT2D eigenvalue weighted by Crippen LogP contribution is -2.45. The van der Waals surface area contributed by atoms with Gasteiger partial charge in [0.25, 0.3) is 22.5 Å². The lowest BCUT2D eigenvalue weighted by atomic mass is 10.2. The summed E-state index contributed by atoms with van der Waals surface area (Å²) in [5, 5.41) is 21.3. The van der Waals surface area contributed by atoms with E-state index in [0.29, 0.717) is 43.2 Å². The van der Waals surface area contributed by atoms with Crippen LogP contribution < -0.4 is 14.2 Å². The number of nitrogens with zero attached hydrogens (tertiary/aromatic N) is 1. The molecule has 202 valence electrons. The van der Waals surface area contributed by atoms with Crippen LogP contribution in [0.3, 0.4) is 0 Å². The fourth-order valence-electron chi connectivity index (χ4n) is 2.89. The maximum atomic E-state index is 12.9. The number of nitrogens with one attached hydrogen (secondary N) is 1. The van der Waals surface area contributed by atoms with Crippen LogP contribution in [0.1, 0.15) is 58.3 Å². The molecule has 0 aliphatic carbocycles. The molecule has 1 rings (SSSR count). The van der Waals surface area contributed by atoms with E-state index in [1.54, 1.807) is 6.07 Å². The van der Waals surface area contributed by atoms with Crippen LogP contribution in [-0.4, -0.2) is 77.0 Å². The molecule has 0 aliphatic heterocycles. The number of benzene rings is 1. The third-order valence-electron chi connectivity index (χ3n) is 7.32. The van der Waals surface area contributed by atoms with Gasteiger partial charge in [-0.15, -0.1) is 0 Å². The van der Waals surface area contributed by atoms with E-state index in [9.17, 15) is 4.79 Å². The van der Waals surface area contributed by atoms with Gasteiger partial charge in [-0.3, -0.25) is 9.69 Å². The zero-order chi connectivity index (χ0) is 27.1. The Morgan fingerprint density at radius 2 is 1.34 bits per heavy atom. The predicted octanol–water partition coefficient (Wildman–Crippen LogP) is 4.86. The molecule has 0 fully saturated rings. The van der Waals surface area contributed by atoms with Crippen LogP contribution in [0.5, 0.6) is 11.5 Å². The summed E-state index contributed by atoms with van der Waals surface area (Å²) in [7, 11) is -4.26. The first-order chi connectivity index (χ1) is 15.9. The summed E-state index contributed by atoms with van der Waals surface area (Å²) in [5.41, 5.74) is 0.545. The third kappa shape index (κ3) is 9.53. The Balaban J connectivity index is 3.08. The summed E-state index contributed by atoms with van der Waals surface area (Å²) in [4.78, 5) is 14.9. The second-order valence-electron chi connectivity index (χ2n) is 12.3. The van der Waals surface area contributed by atoms with Gasteiger partial charge in [-0.05, 0) is 67.4 Å². The maximum Gasteiger partial charge on any atom is 0.251 e. The van der Waals surface area contributed by atoms with Gasteiger partial charge >= 0.3 is 0 Å². The molecule has 0 aromatic heterocycles. The van der Waals surface area contributed by atoms with Gasteiger partial charge < -0.3 is 24.4 Å². The van der Waals surface area contributed by atoms with Crippen molar-refractivity contribution in [2.24, 2.45) is 0 Å². The molecule has 1 amide bonds. The van der Waals surface area contributed by atoms with Crippen molar-refractivity contribution in [3.05, 3.63) is 23.8 Å². The monoisotopic (exact) mass is 526 g/mol. The lowest BCUT2D eigenvalue weighted by molar-refractivity contribution is 0.0949. The fraction of sp³-hybridized carbons (Fsp3) is 0.731. The minimum Gasteiger partial charge on any atom is -0.541 e. The van der Waals surface area contributed by atoms with Gasteiger partial charge in [0.05, 0.1) is 13.2 Å². The van der Waals surface area contributed by atoms with Crippen molar-refractivity contribution in [2.75, 3.05) is 39.4 Å². The molecule has 1 aromatic carbocycles. The topological polar surface area (TPSA) is 91.3 Å². The fourth-order valence-corrected chi connectivity index (χ4v) is 4.93. The second-order valence-corrected chi connectivity index (χ2v) is 21.7. The molecule has 0 aliphatic rings. The van der Waals surface area contributed by atoms with Crippen LogP contribution >= 0.6 is 0 Å². The molecule has 0 atom stereocenters. The average molecular weight is 527 g/mol. The maximum absolute atomic E-state index is 12.9. The van der Waals surface area contributed by atoms with Crippen LogP contribution in [-0.2, 0) is 0 Å². The van der Waals surface area contributed by atoms with Gasteiger partial charge in [0, 0.05) is 25.2 Å².